The highest BCUT2D eigenvalue weighted by molar-refractivity contribution is 5.68. The Kier molecular flexibility index (Phi) is 7.36. The number of phenols is 1. The number of hydrogen-bond donors (Lipinski definition) is 1. The number of hydrogen-bond acceptors (Lipinski definition) is 3. The third-order valence-corrected chi connectivity index (χ3v) is 7.92. The molecule has 1 aliphatic heterocycles. The smallest absolute Gasteiger partial charge is 0.410 e. The van der Waals surface area contributed by atoms with E-state index in [4.69, 9.17) is 4.74 Å². The van der Waals surface area contributed by atoms with E-state index in [1.165, 1.54) is 24.3 Å². The van der Waals surface area contributed by atoms with Crippen LogP contribution in [0.5, 0.6) is 5.75 Å². The first kappa shape index (κ1) is 27.1. The van der Waals surface area contributed by atoms with Gasteiger partial charge in [0.2, 0.25) is 0 Å². The molecule has 1 heterocycles. The number of aryl methyl sites for hydroxylation is 1. The highest BCUT2D eigenvalue weighted by Crippen LogP contribution is 2.48. The van der Waals surface area contributed by atoms with E-state index < -0.39 is 23.2 Å². The van der Waals surface area contributed by atoms with E-state index >= 15 is 8.78 Å². The fourth-order valence-electron chi connectivity index (χ4n) is 6.09. The number of benzene rings is 3. The van der Waals surface area contributed by atoms with Crippen LogP contribution in [0.2, 0.25) is 0 Å². The summed E-state index contributed by atoms with van der Waals surface area (Å²) in [6.07, 6.45) is 2.04. The molecule has 2 aliphatic rings. The molecule has 0 bridgehead atoms. The van der Waals surface area contributed by atoms with Crippen LogP contribution in [-0.2, 0) is 11.2 Å². The number of carbonyl (C=O) groups excluding carboxylic acids is 1. The van der Waals surface area contributed by atoms with Crippen molar-refractivity contribution in [2.24, 2.45) is 0 Å². The van der Waals surface area contributed by atoms with Crippen LogP contribution in [0.3, 0.4) is 0 Å². The summed E-state index contributed by atoms with van der Waals surface area (Å²) in [6.45, 7) is 6.36. The molecule has 0 aromatic heterocycles. The Morgan fingerprint density at radius 1 is 0.897 bits per heavy atom. The zero-order chi connectivity index (χ0) is 27.9. The molecular formula is C32H34F3NO3. The monoisotopic (exact) mass is 537 g/mol. The third-order valence-electron chi connectivity index (χ3n) is 7.92. The normalized spacial score (nSPS) is 20.0. The minimum atomic E-state index is -0.622. The SMILES string of the molecule is CC(C)(C)OC(=O)N1CCC(c2cc(F)c(C3c4ccc(O)cc4CCC3c3ccc(F)cc3)c(F)c2)CC1. The zero-order valence-corrected chi connectivity index (χ0v) is 22.5. The van der Waals surface area contributed by atoms with Gasteiger partial charge in [0.15, 0.2) is 0 Å². The predicted molar refractivity (Wildman–Crippen MR) is 144 cm³/mol. The third kappa shape index (κ3) is 5.77. The van der Waals surface area contributed by atoms with Crippen LogP contribution in [-0.4, -0.2) is 34.8 Å². The second-order valence-corrected chi connectivity index (χ2v) is 11.7. The highest BCUT2D eigenvalue weighted by atomic mass is 19.1. The van der Waals surface area contributed by atoms with Crippen molar-refractivity contribution >= 4 is 6.09 Å². The number of piperidine rings is 1. The van der Waals surface area contributed by atoms with Gasteiger partial charge >= 0.3 is 6.09 Å². The fraction of sp³-hybridized carbons (Fsp3) is 0.406. The lowest BCUT2D eigenvalue weighted by Crippen LogP contribution is -2.41. The predicted octanol–water partition coefficient (Wildman–Crippen LogP) is 7.79. The van der Waals surface area contributed by atoms with Crippen LogP contribution in [0.25, 0.3) is 0 Å². The van der Waals surface area contributed by atoms with E-state index in [0.717, 1.165) is 16.7 Å². The Labute approximate surface area is 227 Å². The first-order valence-corrected chi connectivity index (χ1v) is 13.5. The van der Waals surface area contributed by atoms with Crippen LogP contribution in [0.1, 0.15) is 85.6 Å². The number of rotatable bonds is 3. The molecule has 1 fully saturated rings. The Hall–Kier alpha value is -3.48. The second-order valence-electron chi connectivity index (χ2n) is 11.7. The van der Waals surface area contributed by atoms with Crippen molar-refractivity contribution in [2.75, 3.05) is 13.1 Å². The zero-order valence-electron chi connectivity index (χ0n) is 22.5. The average molecular weight is 538 g/mol. The van der Waals surface area contributed by atoms with Crippen molar-refractivity contribution in [3.05, 3.63) is 99.9 Å². The Morgan fingerprint density at radius 3 is 2.15 bits per heavy atom. The molecule has 2 unspecified atom stereocenters. The van der Waals surface area contributed by atoms with Gasteiger partial charge in [-0.25, -0.2) is 18.0 Å². The maximum Gasteiger partial charge on any atom is 0.410 e. The van der Waals surface area contributed by atoms with Crippen molar-refractivity contribution in [3.63, 3.8) is 0 Å². The molecule has 5 rings (SSSR count). The Balaban J connectivity index is 1.45. The lowest BCUT2D eigenvalue weighted by Gasteiger charge is -2.36. The molecule has 1 saturated heterocycles. The molecule has 1 aliphatic carbocycles. The Bertz CT molecular complexity index is 1340. The first-order valence-electron chi connectivity index (χ1n) is 13.5. The minimum absolute atomic E-state index is 0.00842. The second kappa shape index (κ2) is 10.6. The van der Waals surface area contributed by atoms with Crippen molar-refractivity contribution in [3.8, 4) is 5.75 Å². The van der Waals surface area contributed by atoms with E-state index in [2.05, 4.69) is 0 Å². The molecule has 7 heteroatoms. The van der Waals surface area contributed by atoms with E-state index in [9.17, 15) is 14.3 Å². The molecule has 3 aromatic rings. The summed E-state index contributed by atoms with van der Waals surface area (Å²) >= 11 is 0. The molecule has 2 atom stereocenters. The van der Waals surface area contributed by atoms with Gasteiger partial charge in [0.1, 0.15) is 28.8 Å². The van der Waals surface area contributed by atoms with Crippen LogP contribution < -0.4 is 0 Å². The number of phenolic OH excluding ortho intramolecular Hbond substituents is 1. The van der Waals surface area contributed by atoms with Gasteiger partial charge in [0.05, 0.1) is 0 Å². The quantitative estimate of drug-likeness (QED) is 0.371. The summed E-state index contributed by atoms with van der Waals surface area (Å²) in [6, 6.07) is 13.9. The molecule has 0 saturated carbocycles. The van der Waals surface area contributed by atoms with E-state index in [-0.39, 0.29) is 35.1 Å². The number of carbonyl (C=O) groups is 1. The maximum atomic E-state index is 15.9. The van der Waals surface area contributed by atoms with Gasteiger partial charge in [0, 0.05) is 24.6 Å². The van der Waals surface area contributed by atoms with Crippen LogP contribution in [0.4, 0.5) is 18.0 Å². The van der Waals surface area contributed by atoms with E-state index in [1.807, 2.05) is 20.8 Å². The van der Waals surface area contributed by atoms with Gasteiger partial charge in [0.25, 0.3) is 0 Å². The summed E-state index contributed by atoms with van der Waals surface area (Å²) < 4.78 is 51.0. The number of amides is 1. The molecule has 1 amide bonds. The summed E-state index contributed by atoms with van der Waals surface area (Å²) in [7, 11) is 0. The highest BCUT2D eigenvalue weighted by Gasteiger charge is 2.36. The lowest BCUT2D eigenvalue weighted by atomic mass is 9.68. The van der Waals surface area contributed by atoms with E-state index in [0.29, 0.717) is 44.3 Å². The van der Waals surface area contributed by atoms with Gasteiger partial charge < -0.3 is 14.7 Å². The van der Waals surface area contributed by atoms with Gasteiger partial charge in [-0.1, -0.05) is 18.2 Å². The Morgan fingerprint density at radius 2 is 1.54 bits per heavy atom. The number of nitrogens with zero attached hydrogens (tertiary/aromatic N) is 1. The van der Waals surface area contributed by atoms with Crippen LogP contribution >= 0.6 is 0 Å². The molecular weight excluding hydrogens is 503 g/mol. The molecule has 39 heavy (non-hydrogen) atoms. The molecule has 206 valence electrons. The minimum Gasteiger partial charge on any atom is -0.508 e. The van der Waals surface area contributed by atoms with Gasteiger partial charge in [-0.2, -0.15) is 0 Å². The van der Waals surface area contributed by atoms with Gasteiger partial charge in [-0.05, 0) is 117 Å². The summed E-state index contributed by atoms with van der Waals surface area (Å²) in [5.41, 5.74) is 2.43. The largest absolute Gasteiger partial charge is 0.508 e. The van der Waals surface area contributed by atoms with Crippen molar-refractivity contribution in [1.82, 2.24) is 4.90 Å². The first-order chi connectivity index (χ1) is 18.5. The summed E-state index contributed by atoms with van der Waals surface area (Å²) in [5.74, 6) is -2.43. The van der Waals surface area contributed by atoms with Gasteiger partial charge in [-0.3, -0.25) is 0 Å². The molecule has 1 N–H and O–H groups in total. The maximum absolute atomic E-state index is 15.9. The molecule has 0 spiro atoms. The van der Waals surface area contributed by atoms with Crippen LogP contribution in [0.15, 0.2) is 54.6 Å². The topological polar surface area (TPSA) is 49.8 Å². The molecule has 0 radical (unpaired) electrons. The number of likely N-dealkylation sites (tertiary alicyclic amines) is 1. The molecule has 4 nitrogen and oxygen atoms in total. The van der Waals surface area contributed by atoms with Crippen molar-refractivity contribution in [2.45, 2.75) is 69.8 Å². The number of fused-ring (bicyclic) bond motifs is 1. The molecule has 3 aromatic carbocycles. The van der Waals surface area contributed by atoms with E-state index in [1.54, 1.807) is 35.2 Å². The summed E-state index contributed by atoms with van der Waals surface area (Å²) in [5, 5.41) is 10.0. The number of halogens is 3. The standard InChI is InChI=1S/C32H34F3NO3/c1-32(2,3)39-31(38)36-14-12-19(13-15-36)22-17-27(34)30(28(35)18-22)29-25(20-4-7-23(33)8-5-20)10-6-21-16-24(37)9-11-26(21)29/h4-5,7-9,11,16-19,25,29,37H,6,10,12-15H2,1-3H3. The number of ether oxygens (including phenoxy) is 1. The summed E-state index contributed by atoms with van der Waals surface area (Å²) in [4.78, 5) is 14.1. The lowest BCUT2D eigenvalue weighted by molar-refractivity contribution is 0.0204. The van der Waals surface area contributed by atoms with Gasteiger partial charge in [-0.15, -0.1) is 0 Å². The fourth-order valence-corrected chi connectivity index (χ4v) is 6.09. The average Bonchev–Trinajstić information content (AvgIpc) is 2.88. The van der Waals surface area contributed by atoms with Crippen molar-refractivity contribution < 1.29 is 27.8 Å². The van der Waals surface area contributed by atoms with Crippen LogP contribution in [0, 0.1) is 17.5 Å². The number of aromatic hydroxyl groups is 1. The van der Waals surface area contributed by atoms with Crippen molar-refractivity contribution in [1.29, 1.82) is 0 Å².